The second-order valence-electron chi connectivity index (χ2n) is 13.1. The fraction of sp³-hybridized carbons (Fsp3) is 1.00. The van der Waals surface area contributed by atoms with E-state index in [0.29, 0.717) is 0 Å². The first-order chi connectivity index (χ1) is 14.1. The number of rotatable bonds is 2. The Balaban J connectivity index is 1.44. The van der Waals surface area contributed by atoms with Gasteiger partial charge in [0.1, 0.15) is 0 Å². The second kappa shape index (κ2) is 8.86. The molecule has 0 nitrogen and oxygen atoms in total. The second-order valence-corrected chi connectivity index (χ2v) is 13.1. The number of hydrogen-bond donors (Lipinski definition) is 0. The lowest BCUT2D eigenvalue weighted by Gasteiger charge is -2.61. The highest BCUT2D eigenvalue weighted by Crippen LogP contribution is 2.62. The van der Waals surface area contributed by atoms with Gasteiger partial charge >= 0.3 is 0 Å². The summed E-state index contributed by atoms with van der Waals surface area (Å²) in [5.41, 5.74) is 0. The average molecular weight is 399 g/mol. The van der Waals surface area contributed by atoms with Gasteiger partial charge in [-0.05, 0) is 116 Å². The van der Waals surface area contributed by atoms with Gasteiger partial charge in [-0.2, -0.15) is 0 Å². The first-order valence-electron chi connectivity index (χ1n) is 14.1. The Morgan fingerprint density at radius 2 is 0.793 bits per heavy atom. The molecular formula is C29H50. The molecule has 0 aliphatic heterocycles. The maximum absolute atomic E-state index is 2.60. The minimum absolute atomic E-state index is 1.01. The molecule has 5 rings (SSSR count). The molecule has 7 atom stereocenters. The third kappa shape index (κ3) is 4.09. The van der Waals surface area contributed by atoms with Crippen LogP contribution in [0.4, 0.5) is 0 Å². The van der Waals surface area contributed by atoms with E-state index in [0.717, 1.165) is 65.1 Å². The fourth-order valence-electron chi connectivity index (χ4n) is 9.89. The zero-order valence-electron chi connectivity index (χ0n) is 20.0. The Labute approximate surface area is 182 Å². The van der Waals surface area contributed by atoms with E-state index in [4.69, 9.17) is 0 Å². The molecule has 0 N–H and O–H groups in total. The SMILES string of the molecule is CC1CCC(C2C3CCCCC3C(C3CCC(C)CC3)C3CC(C)CCC32)CC1. The molecule has 0 heterocycles. The summed E-state index contributed by atoms with van der Waals surface area (Å²) in [6.07, 6.45) is 23.6. The van der Waals surface area contributed by atoms with E-state index in [2.05, 4.69) is 20.8 Å². The largest absolute Gasteiger partial charge is 0.0625 e. The Kier molecular flexibility index (Phi) is 6.38. The molecule has 0 aromatic carbocycles. The highest BCUT2D eigenvalue weighted by atomic mass is 14.6. The van der Waals surface area contributed by atoms with Gasteiger partial charge in [0, 0.05) is 0 Å². The molecule has 0 spiro atoms. The van der Waals surface area contributed by atoms with Gasteiger partial charge in [-0.3, -0.25) is 0 Å². The molecule has 0 saturated heterocycles. The zero-order chi connectivity index (χ0) is 20.0. The maximum atomic E-state index is 2.60. The van der Waals surface area contributed by atoms with Crippen molar-refractivity contribution in [1.29, 1.82) is 0 Å². The Morgan fingerprint density at radius 1 is 0.379 bits per heavy atom. The standard InChI is InChI=1S/C29H50/c1-19-8-13-22(14-9-19)28-24-6-4-5-7-25(24)29(23-15-10-20(2)11-16-23)27-18-21(3)12-17-26(27)28/h19-29H,4-18H2,1-3H3. The summed E-state index contributed by atoms with van der Waals surface area (Å²) in [4.78, 5) is 0. The molecule has 29 heavy (non-hydrogen) atoms. The van der Waals surface area contributed by atoms with Crippen LogP contribution >= 0.6 is 0 Å². The van der Waals surface area contributed by atoms with Crippen LogP contribution in [-0.2, 0) is 0 Å². The van der Waals surface area contributed by atoms with Crippen LogP contribution in [-0.4, -0.2) is 0 Å². The monoisotopic (exact) mass is 398 g/mol. The lowest BCUT2D eigenvalue weighted by Crippen LogP contribution is -2.54. The lowest BCUT2D eigenvalue weighted by molar-refractivity contribution is -0.120. The van der Waals surface area contributed by atoms with E-state index >= 15 is 0 Å². The number of fused-ring (bicyclic) bond motifs is 2. The van der Waals surface area contributed by atoms with Gasteiger partial charge in [0.05, 0.1) is 0 Å². The van der Waals surface area contributed by atoms with Crippen molar-refractivity contribution in [1.82, 2.24) is 0 Å². The summed E-state index contributed by atoms with van der Waals surface area (Å²) in [5, 5.41) is 0. The third-order valence-electron chi connectivity index (χ3n) is 11.3. The lowest BCUT2D eigenvalue weighted by atomic mass is 9.44. The summed E-state index contributed by atoms with van der Waals surface area (Å²) in [7, 11) is 0. The van der Waals surface area contributed by atoms with Crippen molar-refractivity contribution in [3.8, 4) is 0 Å². The van der Waals surface area contributed by atoms with Gasteiger partial charge in [0.2, 0.25) is 0 Å². The molecule has 0 heteroatoms. The van der Waals surface area contributed by atoms with Crippen molar-refractivity contribution >= 4 is 0 Å². The molecule has 166 valence electrons. The van der Waals surface area contributed by atoms with Gasteiger partial charge in [0.15, 0.2) is 0 Å². The topological polar surface area (TPSA) is 0 Å². The summed E-state index contributed by atoms with van der Waals surface area (Å²) < 4.78 is 0. The van der Waals surface area contributed by atoms with E-state index in [1.807, 2.05) is 0 Å². The predicted octanol–water partition coefficient (Wildman–Crippen LogP) is 8.74. The van der Waals surface area contributed by atoms with E-state index in [9.17, 15) is 0 Å². The molecule has 5 aliphatic rings. The molecule has 0 aromatic heterocycles. The first kappa shape index (κ1) is 20.9. The molecule has 7 unspecified atom stereocenters. The van der Waals surface area contributed by atoms with Crippen LogP contribution in [0.3, 0.4) is 0 Å². The van der Waals surface area contributed by atoms with Gasteiger partial charge in [0.25, 0.3) is 0 Å². The van der Waals surface area contributed by atoms with Crippen molar-refractivity contribution in [2.24, 2.45) is 65.1 Å². The Morgan fingerprint density at radius 3 is 1.31 bits per heavy atom. The average Bonchev–Trinajstić information content (AvgIpc) is 2.74. The fourth-order valence-corrected chi connectivity index (χ4v) is 9.89. The van der Waals surface area contributed by atoms with Crippen LogP contribution in [0.2, 0.25) is 0 Å². The number of hydrogen-bond acceptors (Lipinski definition) is 0. The van der Waals surface area contributed by atoms with Crippen LogP contribution in [0.25, 0.3) is 0 Å². The molecule has 5 saturated carbocycles. The molecule has 0 radical (unpaired) electrons. The summed E-state index contributed by atoms with van der Waals surface area (Å²) in [6, 6.07) is 0. The third-order valence-corrected chi connectivity index (χ3v) is 11.3. The van der Waals surface area contributed by atoms with Crippen LogP contribution in [0.1, 0.15) is 117 Å². The summed E-state index contributed by atoms with van der Waals surface area (Å²) in [5.74, 6) is 12.0. The van der Waals surface area contributed by atoms with Crippen molar-refractivity contribution < 1.29 is 0 Å². The van der Waals surface area contributed by atoms with Gasteiger partial charge in [-0.25, -0.2) is 0 Å². The quantitative estimate of drug-likeness (QED) is 0.436. The maximum Gasteiger partial charge on any atom is -0.0323 e. The van der Waals surface area contributed by atoms with E-state index in [1.165, 1.54) is 25.7 Å². The zero-order valence-corrected chi connectivity index (χ0v) is 20.0. The first-order valence-corrected chi connectivity index (χ1v) is 14.1. The van der Waals surface area contributed by atoms with E-state index in [-0.39, 0.29) is 0 Å². The van der Waals surface area contributed by atoms with Crippen LogP contribution < -0.4 is 0 Å². The molecule has 5 aliphatic carbocycles. The van der Waals surface area contributed by atoms with Crippen LogP contribution in [0.5, 0.6) is 0 Å². The minimum Gasteiger partial charge on any atom is -0.0625 e. The van der Waals surface area contributed by atoms with Crippen LogP contribution in [0.15, 0.2) is 0 Å². The van der Waals surface area contributed by atoms with Crippen molar-refractivity contribution in [3.63, 3.8) is 0 Å². The normalized spacial score (nSPS) is 53.7. The van der Waals surface area contributed by atoms with Crippen molar-refractivity contribution in [3.05, 3.63) is 0 Å². The van der Waals surface area contributed by atoms with Gasteiger partial charge in [-0.1, -0.05) is 65.7 Å². The smallest absolute Gasteiger partial charge is 0.0323 e. The summed E-state index contributed by atoms with van der Waals surface area (Å²) >= 11 is 0. The van der Waals surface area contributed by atoms with Crippen molar-refractivity contribution in [2.45, 2.75) is 117 Å². The van der Waals surface area contributed by atoms with Gasteiger partial charge < -0.3 is 0 Å². The van der Waals surface area contributed by atoms with Crippen LogP contribution in [0, 0.1) is 65.1 Å². The molecular weight excluding hydrogens is 348 g/mol. The Bertz CT molecular complexity index is 520. The minimum atomic E-state index is 1.01. The molecule has 0 aromatic rings. The Hall–Kier alpha value is 0. The molecule has 0 amide bonds. The summed E-state index contributed by atoms with van der Waals surface area (Å²) in [6.45, 7) is 7.64. The predicted molar refractivity (Wildman–Crippen MR) is 125 cm³/mol. The molecule has 5 fully saturated rings. The van der Waals surface area contributed by atoms with Gasteiger partial charge in [-0.15, -0.1) is 0 Å². The van der Waals surface area contributed by atoms with Crippen molar-refractivity contribution in [2.75, 3.05) is 0 Å². The van der Waals surface area contributed by atoms with E-state index in [1.54, 1.807) is 70.6 Å². The highest BCUT2D eigenvalue weighted by Gasteiger charge is 2.55. The highest BCUT2D eigenvalue weighted by molar-refractivity contribution is 5.04. The molecule has 0 bridgehead atoms. The van der Waals surface area contributed by atoms with E-state index < -0.39 is 0 Å².